The molecule has 0 bridgehead atoms. The lowest BCUT2D eigenvalue weighted by Gasteiger charge is -2.42. The van der Waals surface area contributed by atoms with Gasteiger partial charge in [0.25, 0.3) is 15.9 Å². The standard InChI is InChI=1S/C12H16BNO6S/c1-12(2)11(15)14(21(12,18)19)7-8-20-10-5-3-9(4-6-10)13(16)17/h3-6,16-17H,7-8H2,1-2H3. The first-order chi connectivity index (χ1) is 9.68. The molecule has 0 aliphatic carbocycles. The van der Waals surface area contributed by atoms with Crippen LogP contribution in [0.1, 0.15) is 13.8 Å². The minimum atomic E-state index is -3.58. The van der Waals surface area contributed by atoms with E-state index >= 15 is 0 Å². The molecule has 114 valence electrons. The van der Waals surface area contributed by atoms with Crippen molar-refractivity contribution >= 4 is 28.5 Å². The number of carbonyl (C=O) groups is 1. The maximum absolute atomic E-state index is 11.8. The fourth-order valence-corrected chi connectivity index (χ4v) is 3.47. The van der Waals surface area contributed by atoms with Crippen LogP contribution in [0.25, 0.3) is 0 Å². The molecule has 21 heavy (non-hydrogen) atoms. The van der Waals surface area contributed by atoms with Crippen LogP contribution in [0.2, 0.25) is 0 Å². The summed E-state index contributed by atoms with van der Waals surface area (Å²) in [6.07, 6.45) is 0. The fraction of sp³-hybridized carbons (Fsp3) is 0.417. The van der Waals surface area contributed by atoms with Gasteiger partial charge in [-0.15, -0.1) is 0 Å². The van der Waals surface area contributed by atoms with Crippen LogP contribution in [0, 0.1) is 0 Å². The van der Waals surface area contributed by atoms with Crippen molar-refractivity contribution in [3.63, 3.8) is 0 Å². The first kappa shape index (κ1) is 15.8. The Morgan fingerprint density at radius 2 is 1.81 bits per heavy atom. The van der Waals surface area contributed by atoms with Crippen LogP contribution >= 0.6 is 0 Å². The van der Waals surface area contributed by atoms with Crippen LogP contribution in [0.3, 0.4) is 0 Å². The molecule has 2 N–H and O–H groups in total. The summed E-state index contributed by atoms with van der Waals surface area (Å²) < 4.78 is 28.5. The zero-order chi connectivity index (χ0) is 15.8. The highest BCUT2D eigenvalue weighted by Gasteiger charge is 2.59. The number of carbonyl (C=O) groups excluding carboxylic acids is 1. The van der Waals surface area contributed by atoms with Gasteiger partial charge in [0.05, 0.1) is 6.54 Å². The number of hydrogen-bond donors (Lipinski definition) is 2. The number of sulfonamides is 1. The molecule has 1 aromatic carbocycles. The zero-order valence-corrected chi connectivity index (χ0v) is 12.5. The molecule has 2 rings (SSSR count). The van der Waals surface area contributed by atoms with Crippen molar-refractivity contribution in [2.24, 2.45) is 0 Å². The van der Waals surface area contributed by atoms with Crippen LogP contribution in [0.5, 0.6) is 5.75 Å². The zero-order valence-electron chi connectivity index (χ0n) is 11.7. The molecular formula is C12H16BNO6S. The van der Waals surface area contributed by atoms with Gasteiger partial charge in [-0.1, -0.05) is 12.1 Å². The minimum absolute atomic E-state index is 0.0298. The minimum Gasteiger partial charge on any atom is -0.492 e. The van der Waals surface area contributed by atoms with Crippen molar-refractivity contribution in [2.75, 3.05) is 13.2 Å². The SMILES string of the molecule is CC1(C)C(=O)N(CCOc2ccc(B(O)O)cc2)S1(=O)=O. The van der Waals surface area contributed by atoms with Crippen molar-refractivity contribution < 1.29 is 28.0 Å². The van der Waals surface area contributed by atoms with Crippen LogP contribution in [0.15, 0.2) is 24.3 Å². The lowest BCUT2D eigenvalue weighted by Crippen LogP contribution is -2.67. The Kier molecular flexibility index (Phi) is 4.01. The maximum atomic E-state index is 11.8. The van der Waals surface area contributed by atoms with Crippen molar-refractivity contribution in [3.8, 4) is 5.75 Å². The van der Waals surface area contributed by atoms with Gasteiger partial charge in [0.2, 0.25) is 0 Å². The normalized spacial score (nSPS) is 19.0. The van der Waals surface area contributed by atoms with Crippen molar-refractivity contribution in [1.29, 1.82) is 0 Å². The Morgan fingerprint density at radius 3 is 2.29 bits per heavy atom. The Bertz CT molecular complexity index is 640. The summed E-state index contributed by atoms with van der Waals surface area (Å²) in [6, 6.07) is 6.03. The molecular weight excluding hydrogens is 297 g/mol. The van der Waals surface area contributed by atoms with Gasteiger partial charge < -0.3 is 14.8 Å². The molecule has 1 heterocycles. The van der Waals surface area contributed by atoms with Crippen LogP contribution < -0.4 is 10.2 Å². The van der Waals surface area contributed by atoms with Gasteiger partial charge in [0, 0.05) is 0 Å². The van der Waals surface area contributed by atoms with Gasteiger partial charge in [0.1, 0.15) is 12.4 Å². The van der Waals surface area contributed by atoms with Gasteiger partial charge in [0.15, 0.2) is 4.75 Å². The molecule has 0 atom stereocenters. The summed E-state index contributed by atoms with van der Waals surface area (Å²) in [5.74, 6) is 0.00822. The average Bonchev–Trinajstić information content (AvgIpc) is 2.43. The molecule has 0 aromatic heterocycles. The van der Waals surface area contributed by atoms with E-state index < -0.39 is 27.8 Å². The highest BCUT2D eigenvalue weighted by atomic mass is 32.2. The van der Waals surface area contributed by atoms with E-state index in [9.17, 15) is 13.2 Å². The van der Waals surface area contributed by atoms with Crippen molar-refractivity contribution in [2.45, 2.75) is 18.6 Å². The molecule has 1 saturated heterocycles. The molecule has 0 radical (unpaired) electrons. The van der Waals surface area contributed by atoms with E-state index in [0.717, 1.165) is 4.31 Å². The molecule has 0 spiro atoms. The third kappa shape index (κ3) is 2.64. The second kappa shape index (κ2) is 5.32. The van der Waals surface area contributed by atoms with E-state index in [1.165, 1.54) is 38.1 Å². The van der Waals surface area contributed by atoms with E-state index in [1.54, 1.807) is 0 Å². The molecule has 1 aliphatic rings. The quantitative estimate of drug-likeness (QED) is 0.655. The monoisotopic (exact) mass is 313 g/mol. The second-order valence-corrected chi connectivity index (χ2v) is 7.60. The Labute approximate surface area is 123 Å². The molecule has 7 nitrogen and oxygen atoms in total. The fourth-order valence-electron chi connectivity index (χ4n) is 1.96. The Hall–Kier alpha value is -1.58. The summed E-state index contributed by atoms with van der Waals surface area (Å²) in [4.78, 5) is 11.7. The van der Waals surface area contributed by atoms with Crippen molar-refractivity contribution in [1.82, 2.24) is 4.31 Å². The Morgan fingerprint density at radius 1 is 1.24 bits per heavy atom. The third-order valence-electron chi connectivity index (χ3n) is 3.42. The highest BCUT2D eigenvalue weighted by Crippen LogP contribution is 2.34. The van der Waals surface area contributed by atoms with Crippen LogP contribution in [0.4, 0.5) is 0 Å². The molecule has 9 heteroatoms. The molecule has 1 fully saturated rings. The van der Waals surface area contributed by atoms with Crippen LogP contribution in [-0.4, -0.2) is 53.7 Å². The Balaban J connectivity index is 1.90. The van der Waals surface area contributed by atoms with E-state index in [1.807, 2.05) is 0 Å². The topological polar surface area (TPSA) is 104 Å². The molecule has 0 unspecified atom stereocenters. The number of hydrogen-bond acceptors (Lipinski definition) is 6. The highest BCUT2D eigenvalue weighted by molar-refractivity contribution is 7.94. The van der Waals surface area contributed by atoms with E-state index in [4.69, 9.17) is 14.8 Å². The smallest absolute Gasteiger partial charge is 0.488 e. The average molecular weight is 313 g/mol. The van der Waals surface area contributed by atoms with E-state index in [2.05, 4.69) is 0 Å². The molecule has 1 amide bonds. The summed E-state index contributed by atoms with van der Waals surface area (Å²) >= 11 is 0. The van der Waals surface area contributed by atoms with Gasteiger partial charge in [-0.3, -0.25) is 4.79 Å². The number of rotatable bonds is 5. The summed E-state index contributed by atoms with van der Waals surface area (Å²) in [5.41, 5.74) is 0.324. The van der Waals surface area contributed by atoms with E-state index in [0.29, 0.717) is 11.2 Å². The first-order valence-corrected chi connectivity index (χ1v) is 7.77. The summed E-state index contributed by atoms with van der Waals surface area (Å²) in [5, 5.41) is 17.9. The number of ether oxygens (including phenoxy) is 1. The largest absolute Gasteiger partial charge is 0.492 e. The van der Waals surface area contributed by atoms with E-state index in [-0.39, 0.29) is 13.2 Å². The molecule has 0 saturated carbocycles. The number of benzene rings is 1. The number of amides is 1. The van der Waals surface area contributed by atoms with Gasteiger partial charge in [-0.05, 0) is 31.4 Å². The maximum Gasteiger partial charge on any atom is 0.488 e. The number of nitrogens with zero attached hydrogens (tertiary/aromatic N) is 1. The first-order valence-electron chi connectivity index (χ1n) is 6.33. The van der Waals surface area contributed by atoms with Gasteiger partial charge in [-0.2, -0.15) is 0 Å². The third-order valence-corrected chi connectivity index (χ3v) is 5.81. The lowest BCUT2D eigenvalue weighted by molar-refractivity contribution is -0.132. The van der Waals surface area contributed by atoms with Crippen molar-refractivity contribution in [3.05, 3.63) is 24.3 Å². The summed E-state index contributed by atoms with van der Waals surface area (Å²) in [6.45, 7) is 2.74. The predicted molar refractivity (Wildman–Crippen MR) is 76.5 cm³/mol. The van der Waals surface area contributed by atoms with Crippen LogP contribution in [-0.2, 0) is 14.8 Å². The predicted octanol–water partition coefficient (Wildman–Crippen LogP) is -1.30. The molecule has 1 aromatic rings. The van der Waals surface area contributed by atoms with Gasteiger partial charge >= 0.3 is 7.12 Å². The molecule has 1 aliphatic heterocycles. The lowest BCUT2D eigenvalue weighted by atomic mass is 9.80. The second-order valence-electron chi connectivity index (χ2n) is 5.18. The van der Waals surface area contributed by atoms with Gasteiger partial charge in [-0.25, -0.2) is 12.7 Å². The summed E-state index contributed by atoms with van der Waals surface area (Å²) in [7, 11) is -5.14.